The van der Waals surface area contributed by atoms with Crippen LogP contribution in [-0.4, -0.2) is 24.3 Å². The van der Waals surface area contributed by atoms with Crippen molar-refractivity contribution in [3.8, 4) is 17.2 Å². The molecule has 1 fully saturated rings. The highest BCUT2D eigenvalue weighted by atomic mass is 19.4. The quantitative estimate of drug-likeness (QED) is 0.157. The van der Waals surface area contributed by atoms with Gasteiger partial charge in [-0.2, -0.15) is 27.4 Å². The summed E-state index contributed by atoms with van der Waals surface area (Å²) >= 11 is 0. The first-order chi connectivity index (χ1) is 30.0. The van der Waals surface area contributed by atoms with E-state index >= 15 is 0 Å². The number of para-hydroxylation sites is 2. The molecule has 0 radical (unpaired) electrons. The molecule has 9 heteroatoms. The molecule has 6 heterocycles. The predicted octanol–water partition coefficient (Wildman–Crippen LogP) is 12.4. The highest BCUT2D eigenvalue weighted by Crippen LogP contribution is 2.67. The van der Waals surface area contributed by atoms with Crippen molar-refractivity contribution in [2.24, 2.45) is 23.2 Å². The average Bonchev–Trinajstić information content (AvgIpc) is 3.96. The third-order valence-corrected chi connectivity index (χ3v) is 15.5. The maximum atomic E-state index is 14.2. The number of alkyl halides is 3. The highest BCUT2D eigenvalue weighted by molar-refractivity contribution is 6.12. The summed E-state index contributed by atoms with van der Waals surface area (Å²) in [5.74, 6) is -0.614. The zero-order valence-electron chi connectivity index (χ0n) is 35.1. The number of halogens is 3. The van der Waals surface area contributed by atoms with Crippen LogP contribution in [0.1, 0.15) is 87.2 Å². The fraction of sp³-hybridized carbons (Fsp3) is 0.283. The van der Waals surface area contributed by atoms with E-state index < -0.39 is 18.2 Å². The molecule has 0 N–H and O–H groups in total. The SMILES string of the molecule is CCC1CC(C2n3nc(C(F)(F)F)nc3-c3cccc[n+]32)C1(CC)C1C=CC(c2ccc3c(c2)c2cccc4c2n3-c2ccccc2C4(C)C)=CC1c1nccc2ccccc12. The number of benzene rings is 4. The second-order valence-corrected chi connectivity index (χ2v) is 18.4. The van der Waals surface area contributed by atoms with Crippen molar-refractivity contribution in [2.45, 2.75) is 70.6 Å². The van der Waals surface area contributed by atoms with Gasteiger partial charge in [0.15, 0.2) is 6.20 Å². The van der Waals surface area contributed by atoms with E-state index in [2.05, 4.69) is 156 Å². The zero-order valence-corrected chi connectivity index (χ0v) is 35.1. The van der Waals surface area contributed by atoms with Crippen LogP contribution < -0.4 is 4.57 Å². The summed E-state index contributed by atoms with van der Waals surface area (Å²) in [5, 5.41) is 8.94. The van der Waals surface area contributed by atoms with Crippen LogP contribution >= 0.6 is 0 Å². The van der Waals surface area contributed by atoms with Gasteiger partial charge in [-0.25, -0.2) is 0 Å². The van der Waals surface area contributed by atoms with E-state index in [-0.39, 0.29) is 34.4 Å². The van der Waals surface area contributed by atoms with Crippen molar-refractivity contribution in [3.05, 3.63) is 168 Å². The van der Waals surface area contributed by atoms with Crippen LogP contribution in [0, 0.1) is 23.2 Å². The summed E-state index contributed by atoms with van der Waals surface area (Å²) in [6, 6.07) is 38.7. The molecule has 62 heavy (non-hydrogen) atoms. The van der Waals surface area contributed by atoms with Crippen LogP contribution in [-0.2, 0) is 11.6 Å². The predicted molar refractivity (Wildman–Crippen MR) is 238 cm³/mol. The van der Waals surface area contributed by atoms with Crippen LogP contribution in [0.15, 0.2) is 140 Å². The third kappa shape index (κ3) is 4.93. The molecule has 6 unspecified atom stereocenters. The molecule has 12 rings (SSSR count). The lowest BCUT2D eigenvalue weighted by atomic mass is 9.43. The summed E-state index contributed by atoms with van der Waals surface area (Å²) in [5.41, 5.74) is 9.85. The number of rotatable bonds is 6. The first-order valence-electron chi connectivity index (χ1n) is 22.0. The Bertz CT molecular complexity index is 3220. The number of nitrogens with zero attached hydrogens (tertiary/aromatic N) is 6. The van der Waals surface area contributed by atoms with E-state index in [1.54, 1.807) is 4.68 Å². The van der Waals surface area contributed by atoms with Gasteiger partial charge in [-0.3, -0.25) is 4.98 Å². The molecule has 2 aliphatic heterocycles. The van der Waals surface area contributed by atoms with Gasteiger partial charge in [-0.15, -0.1) is 5.10 Å². The summed E-state index contributed by atoms with van der Waals surface area (Å²) in [6.45, 7) is 9.19. The van der Waals surface area contributed by atoms with E-state index in [4.69, 9.17) is 4.98 Å². The Morgan fingerprint density at radius 1 is 0.839 bits per heavy atom. The van der Waals surface area contributed by atoms with Crippen molar-refractivity contribution in [3.63, 3.8) is 0 Å². The first-order valence-corrected chi connectivity index (χ1v) is 22.0. The Morgan fingerprint density at radius 3 is 2.47 bits per heavy atom. The second kappa shape index (κ2) is 13.1. The normalized spacial score (nSPS) is 24.5. The van der Waals surface area contributed by atoms with Gasteiger partial charge < -0.3 is 4.57 Å². The van der Waals surface area contributed by atoms with Gasteiger partial charge in [0.1, 0.15) is 0 Å². The lowest BCUT2D eigenvalue weighted by molar-refractivity contribution is -0.725. The molecule has 2 aliphatic carbocycles. The van der Waals surface area contributed by atoms with E-state index in [1.807, 2.05) is 30.6 Å². The molecule has 0 spiro atoms. The number of hydrogen-bond donors (Lipinski definition) is 0. The molecular formula is C53H46F3N6+. The van der Waals surface area contributed by atoms with Gasteiger partial charge in [-0.05, 0) is 88.1 Å². The monoisotopic (exact) mass is 823 g/mol. The van der Waals surface area contributed by atoms with Crippen molar-refractivity contribution in [1.29, 1.82) is 0 Å². The lowest BCUT2D eigenvalue weighted by Crippen LogP contribution is -2.62. The van der Waals surface area contributed by atoms with E-state index in [0.29, 0.717) is 11.6 Å². The van der Waals surface area contributed by atoms with Gasteiger partial charge in [0, 0.05) is 45.8 Å². The molecule has 4 aromatic carbocycles. The Morgan fingerprint density at radius 2 is 1.63 bits per heavy atom. The minimum absolute atomic E-state index is 0.00159. The number of fused-ring (bicyclic) bond motifs is 9. The standard InChI is InChI=1S/C53H46F3N6/c1-5-34-30-42(49-60-27-12-11-20-45(60)48-58-50(53(54,55)56)59-62(48)49)52(34,6-2)39-23-21-32(29-38(39)46-35-15-8-7-14-31(35)25-26-57-46)33-22-24-43-37(28-33)36-16-13-18-41-47(36)61(43)44-19-10-9-17-40(44)51(41,3)4/h7-29,34,38-39,42,49H,5-6,30H2,1-4H3/q+1. The fourth-order valence-corrected chi connectivity index (χ4v) is 12.7. The summed E-state index contributed by atoms with van der Waals surface area (Å²) in [6.07, 6.45) is 8.67. The number of allylic oxidation sites excluding steroid dienone is 4. The minimum Gasteiger partial charge on any atom is -0.309 e. The summed E-state index contributed by atoms with van der Waals surface area (Å²) in [7, 11) is 0. The summed E-state index contributed by atoms with van der Waals surface area (Å²) < 4.78 is 48.8. The van der Waals surface area contributed by atoms with Gasteiger partial charge in [0.05, 0.1) is 28.3 Å². The van der Waals surface area contributed by atoms with Crippen molar-refractivity contribution in [2.75, 3.05) is 0 Å². The van der Waals surface area contributed by atoms with E-state index in [9.17, 15) is 13.2 Å². The highest BCUT2D eigenvalue weighted by Gasteiger charge is 2.65. The molecule has 4 aliphatic rings. The minimum atomic E-state index is -4.65. The van der Waals surface area contributed by atoms with Gasteiger partial charge >= 0.3 is 6.18 Å². The molecule has 1 saturated carbocycles. The number of aromatic nitrogens is 6. The Hall–Kier alpha value is -6.35. The molecule has 308 valence electrons. The van der Waals surface area contributed by atoms with E-state index in [0.717, 1.165) is 46.9 Å². The van der Waals surface area contributed by atoms with Gasteiger partial charge in [0.2, 0.25) is 5.82 Å². The van der Waals surface area contributed by atoms with E-state index in [1.165, 1.54) is 38.6 Å². The molecular weight excluding hydrogens is 778 g/mol. The average molecular weight is 824 g/mol. The lowest BCUT2D eigenvalue weighted by Gasteiger charge is -2.61. The second-order valence-electron chi connectivity index (χ2n) is 18.4. The molecule has 6 nitrogen and oxygen atoms in total. The molecule has 4 aromatic heterocycles. The number of hydrogen-bond acceptors (Lipinski definition) is 3. The van der Waals surface area contributed by atoms with Crippen LogP contribution in [0.3, 0.4) is 0 Å². The number of pyridine rings is 2. The van der Waals surface area contributed by atoms with Crippen molar-refractivity contribution < 1.29 is 17.7 Å². The molecule has 0 saturated heterocycles. The largest absolute Gasteiger partial charge is 0.453 e. The van der Waals surface area contributed by atoms with Gasteiger partial charge in [-0.1, -0.05) is 119 Å². The molecule has 8 aromatic rings. The van der Waals surface area contributed by atoms with Crippen LogP contribution in [0.25, 0.3) is 55.4 Å². The zero-order chi connectivity index (χ0) is 42.3. The maximum Gasteiger partial charge on any atom is 0.453 e. The Balaban J connectivity index is 1.03. The van der Waals surface area contributed by atoms with Crippen LogP contribution in [0.4, 0.5) is 13.2 Å². The van der Waals surface area contributed by atoms with Gasteiger partial charge in [0.25, 0.3) is 17.7 Å². The summed E-state index contributed by atoms with van der Waals surface area (Å²) in [4.78, 5) is 9.31. The Kier molecular flexibility index (Phi) is 7.90. The van der Waals surface area contributed by atoms with Crippen LogP contribution in [0.5, 0.6) is 0 Å². The Labute approximate surface area is 358 Å². The fourth-order valence-electron chi connectivity index (χ4n) is 12.7. The topological polar surface area (TPSA) is 52.4 Å². The molecule has 0 bridgehead atoms. The molecule has 6 atom stereocenters. The first kappa shape index (κ1) is 37.4. The van der Waals surface area contributed by atoms with Crippen molar-refractivity contribution >= 4 is 38.2 Å². The molecule has 0 amide bonds. The third-order valence-electron chi connectivity index (χ3n) is 15.5. The maximum absolute atomic E-state index is 14.2. The smallest absolute Gasteiger partial charge is 0.309 e. The van der Waals surface area contributed by atoms with Crippen molar-refractivity contribution in [1.82, 2.24) is 24.3 Å². The van der Waals surface area contributed by atoms with Crippen LogP contribution in [0.2, 0.25) is 0 Å².